The van der Waals surface area contributed by atoms with Crippen LogP contribution in [0.4, 0.5) is 0 Å². The van der Waals surface area contributed by atoms with Crippen LogP contribution in [0.25, 0.3) is 22.4 Å². The Kier molecular flexibility index (Phi) is 3.92. The Bertz CT molecular complexity index is 1030. The number of furan rings is 1. The molecule has 3 heterocycles. The summed E-state index contributed by atoms with van der Waals surface area (Å²) in [7, 11) is 0. The van der Waals surface area contributed by atoms with E-state index in [-0.39, 0.29) is 11.6 Å². The minimum atomic E-state index is -0.276. The molecule has 0 saturated carbocycles. The van der Waals surface area contributed by atoms with Crippen molar-refractivity contribution in [1.82, 2.24) is 20.3 Å². The van der Waals surface area contributed by atoms with Gasteiger partial charge in [-0.25, -0.2) is 4.98 Å². The molecule has 1 aromatic carbocycles. The molecule has 0 atom stereocenters. The molecule has 6 nitrogen and oxygen atoms in total. The fraction of sp³-hybridized carbons (Fsp3) is 0.0526. The van der Waals surface area contributed by atoms with E-state index in [1.54, 1.807) is 18.7 Å². The van der Waals surface area contributed by atoms with E-state index < -0.39 is 0 Å². The molecule has 4 aromatic rings. The molecule has 0 spiro atoms. The quantitative estimate of drug-likeness (QED) is 0.621. The van der Waals surface area contributed by atoms with E-state index in [0.29, 0.717) is 12.1 Å². The standard InChI is InChI=1S/C19H14N4O2/c24-19(17-12-21-15-4-1-2-5-16(15)23-17)22-10-13-8-14(11-20-9-13)18-6-3-7-25-18/h1-9,11-12H,10H2,(H,22,24). The molecule has 0 bridgehead atoms. The van der Waals surface area contributed by atoms with Crippen molar-refractivity contribution in [3.63, 3.8) is 0 Å². The number of amides is 1. The first kappa shape index (κ1) is 15.0. The molecule has 3 aromatic heterocycles. The Morgan fingerprint density at radius 2 is 1.92 bits per heavy atom. The van der Waals surface area contributed by atoms with E-state index in [0.717, 1.165) is 22.4 Å². The Hall–Kier alpha value is -3.54. The van der Waals surface area contributed by atoms with Gasteiger partial charge in [-0.05, 0) is 35.9 Å². The molecule has 0 fully saturated rings. The van der Waals surface area contributed by atoms with Gasteiger partial charge in [-0.1, -0.05) is 12.1 Å². The van der Waals surface area contributed by atoms with Gasteiger partial charge in [0.1, 0.15) is 11.5 Å². The van der Waals surface area contributed by atoms with E-state index in [2.05, 4.69) is 20.3 Å². The van der Waals surface area contributed by atoms with Gasteiger partial charge in [-0.3, -0.25) is 14.8 Å². The highest BCUT2D eigenvalue weighted by Gasteiger charge is 2.09. The van der Waals surface area contributed by atoms with Gasteiger partial charge >= 0.3 is 0 Å². The second kappa shape index (κ2) is 6.52. The highest BCUT2D eigenvalue weighted by molar-refractivity contribution is 5.93. The summed E-state index contributed by atoms with van der Waals surface area (Å²) in [6, 6.07) is 13.1. The maximum absolute atomic E-state index is 12.3. The molecule has 0 aliphatic heterocycles. The largest absolute Gasteiger partial charge is 0.464 e. The number of carbonyl (C=O) groups excluding carboxylic acids is 1. The summed E-state index contributed by atoms with van der Waals surface area (Å²) < 4.78 is 5.36. The minimum Gasteiger partial charge on any atom is -0.464 e. The average Bonchev–Trinajstić information content (AvgIpc) is 3.21. The van der Waals surface area contributed by atoms with Crippen molar-refractivity contribution in [2.75, 3.05) is 0 Å². The van der Waals surface area contributed by atoms with E-state index in [9.17, 15) is 4.79 Å². The van der Waals surface area contributed by atoms with Crippen molar-refractivity contribution in [3.05, 3.63) is 78.6 Å². The zero-order chi connectivity index (χ0) is 17.1. The molecule has 1 amide bonds. The van der Waals surface area contributed by atoms with Crippen LogP contribution in [-0.2, 0) is 6.54 Å². The Morgan fingerprint density at radius 3 is 2.76 bits per heavy atom. The van der Waals surface area contributed by atoms with E-state index in [1.165, 1.54) is 6.20 Å². The molecule has 4 rings (SSSR count). The second-order valence-electron chi connectivity index (χ2n) is 5.49. The SMILES string of the molecule is O=C(NCc1cncc(-c2ccco2)c1)c1cnc2ccccc2n1. The molecule has 0 aliphatic carbocycles. The van der Waals surface area contributed by atoms with Gasteiger partial charge in [0, 0.05) is 24.5 Å². The highest BCUT2D eigenvalue weighted by atomic mass is 16.3. The van der Waals surface area contributed by atoms with Crippen molar-refractivity contribution in [2.45, 2.75) is 6.54 Å². The highest BCUT2D eigenvalue weighted by Crippen LogP contribution is 2.19. The second-order valence-corrected chi connectivity index (χ2v) is 5.49. The van der Waals surface area contributed by atoms with E-state index in [4.69, 9.17) is 4.42 Å². The monoisotopic (exact) mass is 330 g/mol. The van der Waals surface area contributed by atoms with Crippen molar-refractivity contribution in [2.24, 2.45) is 0 Å². The number of rotatable bonds is 4. The molecule has 0 radical (unpaired) electrons. The van der Waals surface area contributed by atoms with Crippen LogP contribution < -0.4 is 5.32 Å². The van der Waals surface area contributed by atoms with Crippen LogP contribution in [0, 0.1) is 0 Å². The molecule has 0 aliphatic rings. The summed E-state index contributed by atoms with van der Waals surface area (Å²) in [5.74, 6) is 0.461. The lowest BCUT2D eigenvalue weighted by Gasteiger charge is -2.06. The van der Waals surface area contributed by atoms with E-state index in [1.807, 2.05) is 42.5 Å². The first-order valence-electron chi connectivity index (χ1n) is 7.77. The fourth-order valence-corrected chi connectivity index (χ4v) is 2.50. The number of fused-ring (bicyclic) bond motifs is 1. The van der Waals surface area contributed by atoms with Gasteiger partial charge in [0.15, 0.2) is 0 Å². The smallest absolute Gasteiger partial charge is 0.271 e. The minimum absolute atomic E-state index is 0.276. The molecule has 25 heavy (non-hydrogen) atoms. The third kappa shape index (κ3) is 3.23. The van der Waals surface area contributed by atoms with Crippen LogP contribution in [0.15, 0.2) is 71.7 Å². The zero-order valence-electron chi connectivity index (χ0n) is 13.2. The van der Waals surface area contributed by atoms with Gasteiger partial charge < -0.3 is 9.73 Å². The predicted octanol–water partition coefficient (Wildman–Crippen LogP) is 3.21. The third-order valence-corrected chi connectivity index (χ3v) is 3.73. The Balaban J connectivity index is 1.48. The van der Waals surface area contributed by atoms with Gasteiger partial charge in [-0.2, -0.15) is 0 Å². The molecule has 122 valence electrons. The lowest BCUT2D eigenvalue weighted by molar-refractivity contribution is 0.0946. The van der Waals surface area contributed by atoms with E-state index >= 15 is 0 Å². The van der Waals surface area contributed by atoms with Gasteiger partial charge in [0.25, 0.3) is 5.91 Å². The van der Waals surface area contributed by atoms with Crippen molar-refractivity contribution in [1.29, 1.82) is 0 Å². The average molecular weight is 330 g/mol. The first-order chi connectivity index (χ1) is 12.3. The summed E-state index contributed by atoms with van der Waals surface area (Å²) in [5.41, 5.74) is 3.47. The number of aromatic nitrogens is 3. The van der Waals surface area contributed by atoms with Gasteiger partial charge in [-0.15, -0.1) is 0 Å². The van der Waals surface area contributed by atoms with Crippen LogP contribution in [0.1, 0.15) is 16.1 Å². The van der Waals surface area contributed by atoms with Crippen LogP contribution in [-0.4, -0.2) is 20.9 Å². The number of hydrogen-bond donors (Lipinski definition) is 1. The Labute approximate surface area is 143 Å². The first-order valence-corrected chi connectivity index (χ1v) is 7.77. The number of benzene rings is 1. The molecule has 0 saturated heterocycles. The molecule has 1 N–H and O–H groups in total. The Morgan fingerprint density at radius 1 is 1.04 bits per heavy atom. The summed E-state index contributed by atoms with van der Waals surface area (Å²) in [6.07, 6.45) is 6.52. The summed E-state index contributed by atoms with van der Waals surface area (Å²) in [5, 5.41) is 2.84. The van der Waals surface area contributed by atoms with Gasteiger partial charge in [0.05, 0.1) is 23.5 Å². The van der Waals surface area contributed by atoms with Crippen LogP contribution >= 0.6 is 0 Å². The number of hydrogen-bond acceptors (Lipinski definition) is 5. The number of carbonyl (C=O) groups is 1. The number of pyridine rings is 1. The normalized spacial score (nSPS) is 10.7. The number of nitrogens with zero attached hydrogens (tertiary/aromatic N) is 3. The third-order valence-electron chi connectivity index (χ3n) is 3.73. The number of nitrogens with one attached hydrogen (secondary N) is 1. The fourth-order valence-electron chi connectivity index (χ4n) is 2.50. The maximum Gasteiger partial charge on any atom is 0.271 e. The van der Waals surface area contributed by atoms with Crippen LogP contribution in [0.2, 0.25) is 0 Å². The maximum atomic E-state index is 12.3. The van der Waals surface area contributed by atoms with Crippen LogP contribution in [0.5, 0.6) is 0 Å². The zero-order valence-corrected chi connectivity index (χ0v) is 13.2. The molecular weight excluding hydrogens is 316 g/mol. The van der Waals surface area contributed by atoms with Crippen molar-refractivity contribution < 1.29 is 9.21 Å². The predicted molar refractivity (Wildman–Crippen MR) is 92.6 cm³/mol. The summed E-state index contributed by atoms with van der Waals surface area (Å²) in [6.45, 7) is 0.342. The van der Waals surface area contributed by atoms with Crippen LogP contribution in [0.3, 0.4) is 0 Å². The topological polar surface area (TPSA) is 80.9 Å². The summed E-state index contributed by atoms with van der Waals surface area (Å²) >= 11 is 0. The van der Waals surface area contributed by atoms with Gasteiger partial charge in [0.2, 0.25) is 0 Å². The number of para-hydroxylation sites is 2. The molecular formula is C19H14N4O2. The molecule has 6 heteroatoms. The van der Waals surface area contributed by atoms with Crippen molar-refractivity contribution in [3.8, 4) is 11.3 Å². The lowest BCUT2D eigenvalue weighted by atomic mass is 10.1. The molecule has 0 unspecified atom stereocenters. The lowest BCUT2D eigenvalue weighted by Crippen LogP contribution is -2.24. The van der Waals surface area contributed by atoms with Crippen molar-refractivity contribution >= 4 is 16.9 Å². The summed E-state index contributed by atoms with van der Waals surface area (Å²) in [4.78, 5) is 25.1.